The van der Waals surface area contributed by atoms with Crippen LogP contribution in [-0.4, -0.2) is 16.1 Å². The fraction of sp³-hybridized carbons (Fsp3) is 0.0833. The van der Waals surface area contributed by atoms with Gasteiger partial charge in [0.25, 0.3) is 11.5 Å². The number of hydrogen-bond acceptors (Lipinski definition) is 3. The summed E-state index contributed by atoms with van der Waals surface area (Å²) in [4.78, 5) is 22.8. The molecule has 0 aliphatic rings. The average Bonchev–Trinajstić information content (AvgIpc) is 2.32. The Balaban J connectivity index is 2.22. The Morgan fingerprint density at radius 3 is 2.72 bits per heavy atom. The van der Waals surface area contributed by atoms with Crippen LogP contribution in [0, 0.1) is 6.92 Å². The lowest BCUT2D eigenvalue weighted by Gasteiger charge is -2.06. The maximum Gasteiger partial charge on any atom is 0.264 e. The first-order chi connectivity index (χ1) is 8.56. The minimum absolute atomic E-state index is 0.290. The zero-order chi connectivity index (χ0) is 13.1. The summed E-state index contributed by atoms with van der Waals surface area (Å²) in [5, 5.41) is 8.55. The molecule has 0 atom stereocenters. The third kappa shape index (κ3) is 2.84. The van der Waals surface area contributed by atoms with Crippen molar-refractivity contribution in [3.05, 3.63) is 56.3 Å². The first-order valence-electron chi connectivity index (χ1n) is 5.19. The fourth-order valence-electron chi connectivity index (χ4n) is 1.40. The van der Waals surface area contributed by atoms with E-state index in [9.17, 15) is 9.59 Å². The van der Waals surface area contributed by atoms with Crippen molar-refractivity contribution in [2.45, 2.75) is 6.92 Å². The number of anilines is 1. The third-order valence-corrected chi connectivity index (χ3v) is 2.95. The number of aryl methyl sites for hydroxylation is 1. The summed E-state index contributed by atoms with van der Waals surface area (Å²) in [7, 11) is 0. The van der Waals surface area contributed by atoms with E-state index in [1.807, 2.05) is 19.1 Å². The fourth-order valence-corrected chi connectivity index (χ4v) is 2.08. The molecule has 1 amide bonds. The van der Waals surface area contributed by atoms with Crippen molar-refractivity contribution in [1.29, 1.82) is 0 Å². The van der Waals surface area contributed by atoms with E-state index in [2.05, 4.69) is 31.4 Å². The number of carbonyl (C=O) groups is 1. The maximum atomic E-state index is 12.0. The quantitative estimate of drug-likeness (QED) is 0.892. The number of halogens is 1. The van der Waals surface area contributed by atoms with Gasteiger partial charge in [-0.1, -0.05) is 6.07 Å². The lowest BCUT2D eigenvalue weighted by Crippen LogP contribution is -2.16. The Labute approximate surface area is 111 Å². The van der Waals surface area contributed by atoms with E-state index in [1.54, 1.807) is 6.07 Å². The number of hydrogen-bond donors (Lipinski definition) is 2. The number of benzene rings is 1. The van der Waals surface area contributed by atoms with Crippen LogP contribution in [0.25, 0.3) is 0 Å². The second-order valence-electron chi connectivity index (χ2n) is 3.74. The number of nitrogens with one attached hydrogen (secondary N) is 2. The highest BCUT2D eigenvalue weighted by Gasteiger charge is 2.10. The predicted octanol–water partition coefficient (Wildman–Crippen LogP) is 2.09. The van der Waals surface area contributed by atoms with Gasteiger partial charge in [0, 0.05) is 10.5 Å². The summed E-state index contributed by atoms with van der Waals surface area (Å²) >= 11 is 3.33. The molecule has 0 saturated carbocycles. The van der Waals surface area contributed by atoms with Gasteiger partial charge in [-0.25, -0.2) is 5.10 Å². The topological polar surface area (TPSA) is 74.8 Å². The van der Waals surface area contributed by atoms with E-state index in [0.29, 0.717) is 15.9 Å². The maximum absolute atomic E-state index is 12.0. The van der Waals surface area contributed by atoms with E-state index in [0.717, 1.165) is 5.56 Å². The molecule has 0 fully saturated rings. The molecule has 5 nitrogen and oxygen atoms in total. The highest BCUT2D eigenvalue weighted by atomic mass is 79.9. The first kappa shape index (κ1) is 12.5. The Bertz CT molecular complexity index is 632. The molecule has 1 heterocycles. The van der Waals surface area contributed by atoms with Gasteiger partial charge in [0.2, 0.25) is 0 Å². The molecule has 0 radical (unpaired) electrons. The van der Waals surface area contributed by atoms with E-state index < -0.39 is 0 Å². The Hall–Kier alpha value is -1.95. The summed E-state index contributed by atoms with van der Waals surface area (Å²) in [6.45, 7) is 1.94. The molecular weight excluding hydrogens is 298 g/mol. The number of aromatic amines is 1. The Morgan fingerprint density at radius 2 is 2.11 bits per heavy atom. The van der Waals surface area contributed by atoms with Crippen molar-refractivity contribution in [3.63, 3.8) is 0 Å². The molecule has 1 aromatic heterocycles. The zero-order valence-electron chi connectivity index (χ0n) is 9.53. The molecule has 0 saturated heterocycles. The summed E-state index contributed by atoms with van der Waals surface area (Å²) in [5.74, 6) is 0.00787. The van der Waals surface area contributed by atoms with Gasteiger partial charge < -0.3 is 5.32 Å². The number of H-pyrrole nitrogens is 1. The predicted molar refractivity (Wildman–Crippen MR) is 71.7 cm³/mol. The van der Waals surface area contributed by atoms with Crippen LogP contribution in [0.15, 0.2) is 39.6 Å². The van der Waals surface area contributed by atoms with Crippen molar-refractivity contribution >= 4 is 27.7 Å². The molecule has 0 bridgehead atoms. The van der Waals surface area contributed by atoms with Crippen LogP contribution in [0.3, 0.4) is 0 Å². The molecule has 2 rings (SSSR count). The minimum Gasteiger partial charge on any atom is -0.305 e. The van der Waals surface area contributed by atoms with Crippen LogP contribution >= 0.6 is 15.9 Å². The van der Waals surface area contributed by atoms with Crippen molar-refractivity contribution in [1.82, 2.24) is 10.2 Å². The van der Waals surface area contributed by atoms with Crippen LogP contribution in [0.1, 0.15) is 15.9 Å². The van der Waals surface area contributed by atoms with Gasteiger partial charge in [-0.15, -0.1) is 0 Å². The number of amides is 1. The number of aromatic nitrogens is 2. The molecule has 1 aromatic carbocycles. The van der Waals surface area contributed by atoms with Crippen LogP contribution in [-0.2, 0) is 0 Å². The standard InChI is InChI=1S/C12H10BrN3O2/c1-7-2-3-8(9(13)6-7)12(18)14-10-4-5-11(17)16-15-10/h2-6H,1H3,(H,16,17)(H,14,15,18). The Kier molecular flexibility index (Phi) is 3.57. The van der Waals surface area contributed by atoms with Gasteiger partial charge in [-0.2, -0.15) is 5.10 Å². The van der Waals surface area contributed by atoms with Crippen molar-refractivity contribution in [2.24, 2.45) is 0 Å². The van der Waals surface area contributed by atoms with Crippen LogP contribution < -0.4 is 10.9 Å². The molecule has 92 valence electrons. The second kappa shape index (κ2) is 5.14. The molecule has 6 heteroatoms. The van der Waals surface area contributed by atoms with Gasteiger partial charge in [-0.05, 0) is 46.6 Å². The Morgan fingerprint density at radius 1 is 1.33 bits per heavy atom. The van der Waals surface area contributed by atoms with Gasteiger partial charge in [0.1, 0.15) is 0 Å². The zero-order valence-corrected chi connectivity index (χ0v) is 11.1. The monoisotopic (exact) mass is 307 g/mol. The smallest absolute Gasteiger partial charge is 0.264 e. The van der Waals surface area contributed by atoms with E-state index >= 15 is 0 Å². The van der Waals surface area contributed by atoms with Gasteiger partial charge in [-0.3, -0.25) is 9.59 Å². The molecule has 2 aromatic rings. The lowest BCUT2D eigenvalue weighted by molar-refractivity contribution is 0.102. The molecule has 0 aliphatic carbocycles. The summed E-state index contributed by atoms with van der Waals surface area (Å²) in [6, 6.07) is 8.17. The minimum atomic E-state index is -0.315. The van der Waals surface area contributed by atoms with Crippen LogP contribution in [0.4, 0.5) is 5.82 Å². The molecule has 0 aliphatic heterocycles. The van der Waals surface area contributed by atoms with Gasteiger partial charge in [0.15, 0.2) is 5.82 Å². The number of nitrogens with zero attached hydrogens (tertiary/aromatic N) is 1. The van der Waals surface area contributed by atoms with Crippen LogP contribution in [0.5, 0.6) is 0 Å². The average molecular weight is 308 g/mol. The molecule has 2 N–H and O–H groups in total. The highest BCUT2D eigenvalue weighted by molar-refractivity contribution is 9.10. The number of carbonyl (C=O) groups excluding carboxylic acids is 1. The molecule has 18 heavy (non-hydrogen) atoms. The molecular formula is C12H10BrN3O2. The third-order valence-electron chi connectivity index (χ3n) is 2.29. The summed E-state index contributed by atoms with van der Waals surface area (Å²) < 4.78 is 0.712. The molecule has 0 unspecified atom stereocenters. The summed E-state index contributed by atoms with van der Waals surface area (Å²) in [5.41, 5.74) is 1.25. The van der Waals surface area contributed by atoms with Crippen molar-refractivity contribution in [2.75, 3.05) is 5.32 Å². The van der Waals surface area contributed by atoms with Crippen LogP contribution in [0.2, 0.25) is 0 Å². The van der Waals surface area contributed by atoms with E-state index in [4.69, 9.17) is 0 Å². The summed E-state index contributed by atoms with van der Waals surface area (Å²) in [6.07, 6.45) is 0. The van der Waals surface area contributed by atoms with Gasteiger partial charge in [0.05, 0.1) is 5.56 Å². The normalized spacial score (nSPS) is 10.1. The molecule has 0 spiro atoms. The number of rotatable bonds is 2. The highest BCUT2D eigenvalue weighted by Crippen LogP contribution is 2.19. The first-order valence-corrected chi connectivity index (χ1v) is 5.99. The van der Waals surface area contributed by atoms with E-state index in [-0.39, 0.29) is 11.5 Å². The lowest BCUT2D eigenvalue weighted by atomic mass is 10.1. The van der Waals surface area contributed by atoms with E-state index in [1.165, 1.54) is 12.1 Å². The largest absolute Gasteiger partial charge is 0.305 e. The van der Waals surface area contributed by atoms with Gasteiger partial charge >= 0.3 is 0 Å². The van der Waals surface area contributed by atoms with Crippen molar-refractivity contribution in [3.8, 4) is 0 Å². The van der Waals surface area contributed by atoms with Crippen molar-refractivity contribution < 1.29 is 4.79 Å². The SMILES string of the molecule is Cc1ccc(C(=O)Nc2ccc(=O)[nH]n2)c(Br)c1. The second-order valence-corrected chi connectivity index (χ2v) is 4.60.